The summed E-state index contributed by atoms with van der Waals surface area (Å²) in [5, 5.41) is 4.32. The highest BCUT2D eigenvalue weighted by atomic mass is 35.5. The smallest absolute Gasteiger partial charge is 0.0409 e. The van der Waals surface area contributed by atoms with Crippen LogP contribution < -0.4 is 5.32 Å². The molecule has 17 heavy (non-hydrogen) atoms. The van der Waals surface area contributed by atoms with Gasteiger partial charge in [-0.1, -0.05) is 36.6 Å². The standard InChI is InChI=1S/C14H19Cl2N/c15-10-14(6-1-2-7-14)11-17-9-12-4-3-5-13(16)8-12/h3-5,8,17H,1-2,6-7,9-11H2. The number of alkyl halides is 1. The Morgan fingerprint density at radius 1 is 1.24 bits per heavy atom. The van der Waals surface area contributed by atoms with Gasteiger partial charge in [0.1, 0.15) is 0 Å². The number of nitrogens with one attached hydrogen (secondary N) is 1. The number of benzene rings is 1. The van der Waals surface area contributed by atoms with Crippen LogP contribution in [0, 0.1) is 5.41 Å². The summed E-state index contributed by atoms with van der Waals surface area (Å²) in [7, 11) is 0. The summed E-state index contributed by atoms with van der Waals surface area (Å²) in [5.41, 5.74) is 1.57. The second-order valence-corrected chi connectivity index (χ2v) is 5.78. The molecule has 94 valence electrons. The van der Waals surface area contributed by atoms with Gasteiger partial charge in [0.2, 0.25) is 0 Å². The van der Waals surface area contributed by atoms with Crippen molar-refractivity contribution in [3.8, 4) is 0 Å². The molecule has 1 aliphatic rings. The highest BCUT2D eigenvalue weighted by Gasteiger charge is 2.32. The third-order valence-electron chi connectivity index (χ3n) is 3.67. The molecule has 0 amide bonds. The quantitative estimate of drug-likeness (QED) is 0.791. The lowest BCUT2D eigenvalue weighted by molar-refractivity contribution is 0.320. The molecule has 1 nitrogen and oxygen atoms in total. The number of hydrogen-bond donors (Lipinski definition) is 1. The second kappa shape index (κ2) is 6.08. The lowest BCUT2D eigenvalue weighted by Crippen LogP contribution is -2.33. The van der Waals surface area contributed by atoms with Crippen LogP contribution in [0.15, 0.2) is 24.3 Å². The molecule has 0 bridgehead atoms. The van der Waals surface area contributed by atoms with E-state index < -0.39 is 0 Å². The van der Waals surface area contributed by atoms with Crippen LogP contribution >= 0.6 is 23.2 Å². The summed E-state index contributed by atoms with van der Waals surface area (Å²) in [6.45, 7) is 1.89. The Morgan fingerprint density at radius 3 is 2.65 bits per heavy atom. The predicted molar refractivity (Wildman–Crippen MR) is 74.8 cm³/mol. The Labute approximate surface area is 114 Å². The van der Waals surface area contributed by atoms with Crippen LogP contribution in [0.3, 0.4) is 0 Å². The fourth-order valence-corrected chi connectivity index (χ4v) is 3.18. The zero-order valence-corrected chi connectivity index (χ0v) is 11.5. The molecule has 0 unspecified atom stereocenters. The summed E-state index contributed by atoms with van der Waals surface area (Å²) in [6, 6.07) is 8.01. The molecule has 2 rings (SSSR count). The van der Waals surface area contributed by atoms with E-state index in [4.69, 9.17) is 23.2 Å². The van der Waals surface area contributed by atoms with Crippen molar-refractivity contribution in [3.63, 3.8) is 0 Å². The molecule has 0 saturated heterocycles. The fourth-order valence-electron chi connectivity index (χ4n) is 2.60. The van der Waals surface area contributed by atoms with Gasteiger partial charge in [0.25, 0.3) is 0 Å². The monoisotopic (exact) mass is 271 g/mol. The van der Waals surface area contributed by atoms with Crippen LogP contribution in [-0.4, -0.2) is 12.4 Å². The Hall–Kier alpha value is -0.240. The minimum absolute atomic E-state index is 0.333. The molecule has 1 saturated carbocycles. The van der Waals surface area contributed by atoms with Crippen molar-refractivity contribution < 1.29 is 0 Å². The lowest BCUT2D eigenvalue weighted by Gasteiger charge is -2.26. The summed E-state index contributed by atoms with van der Waals surface area (Å²) in [5.74, 6) is 0.773. The Bertz CT molecular complexity index is 359. The van der Waals surface area contributed by atoms with Crippen molar-refractivity contribution in [2.45, 2.75) is 32.2 Å². The van der Waals surface area contributed by atoms with Crippen molar-refractivity contribution >= 4 is 23.2 Å². The highest BCUT2D eigenvalue weighted by Crippen LogP contribution is 2.38. The van der Waals surface area contributed by atoms with Crippen molar-refractivity contribution in [2.75, 3.05) is 12.4 Å². The average Bonchev–Trinajstić information content (AvgIpc) is 2.79. The van der Waals surface area contributed by atoms with E-state index in [9.17, 15) is 0 Å². The van der Waals surface area contributed by atoms with Gasteiger partial charge in [-0.15, -0.1) is 11.6 Å². The Morgan fingerprint density at radius 2 is 2.00 bits per heavy atom. The van der Waals surface area contributed by atoms with E-state index in [0.29, 0.717) is 5.41 Å². The van der Waals surface area contributed by atoms with E-state index >= 15 is 0 Å². The fraction of sp³-hybridized carbons (Fsp3) is 0.571. The summed E-state index contributed by atoms with van der Waals surface area (Å²) < 4.78 is 0. The first kappa shape index (κ1) is 13.2. The van der Waals surface area contributed by atoms with Crippen molar-refractivity contribution in [1.29, 1.82) is 0 Å². The maximum Gasteiger partial charge on any atom is 0.0409 e. The van der Waals surface area contributed by atoms with Crippen molar-refractivity contribution in [1.82, 2.24) is 5.32 Å². The largest absolute Gasteiger partial charge is 0.312 e. The summed E-state index contributed by atoms with van der Waals surface area (Å²) >= 11 is 12.1. The maximum atomic E-state index is 6.11. The predicted octanol–water partition coefficient (Wildman–Crippen LogP) is 4.23. The van der Waals surface area contributed by atoms with Crippen molar-refractivity contribution in [2.24, 2.45) is 5.41 Å². The number of rotatable bonds is 5. The molecule has 0 aliphatic heterocycles. The zero-order chi connectivity index (χ0) is 12.1. The zero-order valence-electron chi connectivity index (χ0n) is 10.0. The lowest BCUT2D eigenvalue weighted by atomic mass is 9.88. The molecule has 1 aromatic carbocycles. The van der Waals surface area contributed by atoms with E-state index in [2.05, 4.69) is 11.4 Å². The molecule has 3 heteroatoms. The number of hydrogen-bond acceptors (Lipinski definition) is 1. The first-order valence-corrected chi connectivity index (χ1v) is 7.16. The molecule has 0 spiro atoms. The van der Waals surface area contributed by atoms with E-state index in [-0.39, 0.29) is 0 Å². The van der Waals surface area contributed by atoms with E-state index in [1.807, 2.05) is 18.2 Å². The molecular formula is C14H19Cl2N. The Kier molecular flexibility index (Phi) is 4.72. The molecule has 1 aliphatic carbocycles. The van der Waals surface area contributed by atoms with Gasteiger partial charge in [-0.3, -0.25) is 0 Å². The SMILES string of the molecule is ClCC1(CNCc2cccc(Cl)c2)CCCC1. The van der Waals surface area contributed by atoms with Gasteiger partial charge in [0.15, 0.2) is 0 Å². The minimum Gasteiger partial charge on any atom is -0.312 e. The van der Waals surface area contributed by atoms with Gasteiger partial charge >= 0.3 is 0 Å². The minimum atomic E-state index is 0.333. The van der Waals surface area contributed by atoms with Gasteiger partial charge in [0.05, 0.1) is 0 Å². The second-order valence-electron chi connectivity index (χ2n) is 5.07. The average molecular weight is 272 g/mol. The first-order valence-electron chi connectivity index (χ1n) is 6.25. The molecule has 1 aromatic rings. The summed E-state index contributed by atoms with van der Waals surface area (Å²) in [6.07, 6.45) is 5.18. The molecule has 0 aromatic heterocycles. The van der Waals surface area contributed by atoms with E-state index in [0.717, 1.165) is 24.0 Å². The van der Waals surface area contributed by atoms with Crippen LogP contribution in [0.5, 0.6) is 0 Å². The molecule has 1 fully saturated rings. The summed E-state index contributed by atoms with van der Waals surface area (Å²) in [4.78, 5) is 0. The van der Waals surface area contributed by atoms with Gasteiger partial charge < -0.3 is 5.32 Å². The molecule has 0 radical (unpaired) electrons. The van der Waals surface area contributed by atoms with Crippen LogP contribution in [0.2, 0.25) is 5.02 Å². The van der Waals surface area contributed by atoms with Gasteiger partial charge in [-0.2, -0.15) is 0 Å². The molecule has 0 atom stereocenters. The van der Waals surface area contributed by atoms with E-state index in [1.54, 1.807) is 0 Å². The topological polar surface area (TPSA) is 12.0 Å². The molecular weight excluding hydrogens is 253 g/mol. The Balaban J connectivity index is 1.82. The molecule has 1 N–H and O–H groups in total. The van der Waals surface area contributed by atoms with Gasteiger partial charge in [-0.25, -0.2) is 0 Å². The van der Waals surface area contributed by atoms with Crippen LogP contribution in [0.1, 0.15) is 31.2 Å². The third kappa shape index (κ3) is 3.61. The van der Waals surface area contributed by atoms with Crippen LogP contribution in [0.25, 0.3) is 0 Å². The maximum absolute atomic E-state index is 6.11. The van der Waals surface area contributed by atoms with E-state index in [1.165, 1.54) is 31.2 Å². The van der Waals surface area contributed by atoms with Crippen LogP contribution in [-0.2, 0) is 6.54 Å². The number of halogens is 2. The van der Waals surface area contributed by atoms with Crippen LogP contribution in [0.4, 0.5) is 0 Å². The highest BCUT2D eigenvalue weighted by molar-refractivity contribution is 6.30. The van der Waals surface area contributed by atoms with Gasteiger partial charge in [0, 0.05) is 24.0 Å². The molecule has 0 heterocycles. The normalized spacial score (nSPS) is 18.5. The first-order chi connectivity index (χ1) is 8.24. The van der Waals surface area contributed by atoms with Gasteiger partial charge in [-0.05, 0) is 36.0 Å². The third-order valence-corrected chi connectivity index (χ3v) is 4.47. The van der Waals surface area contributed by atoms with Crippen molar-refractivity contribution in [3.05, 3.63) is 34.9 Å².